The molecule has 0 saturated heterocycles. The predicted molar refractivity (Wildman–Crippen MR) is 90.7 cm³/mol. The number of methoxy groups -OCH3 is 4. The maximum absolute atomic E-state index is 12.5. The van der Waals surface area contributed by atoms with E-state index in [0.717, 1.165) is 34.5 Å². The van der Waals surface area contributed by atoms with Crippen LogP contribution >= 0.6 is 0 Å². The second-order valence-electron chi connectivity index (χ2n) is 5.20. The molecular weight excluding hydrogens is 376 g/mol. The molecule has 0 aromatic heterocycles. The van der Waals surface area contributed by atoms with E-state index in [9.17, 15) is 24.3 Å². The molecule has 0 spiro atoms. The van der Waals surface area contributed by atoms with Gasteiger partial charge in [-0.1, -0.05) is 0 Å². The number of rotatable bonds is 4. The van der Waals surface area contributed by atoms with Crippen LogP contribution in [-0.4, -0.2) is 57.4 Å². The van der Waals surface area contributed by atoms with Crippen molar-refractivity contribution in [2.45, 2.75) is 0 Å². The summed E-state index contributed by atoms with van der Waals surface area (Å²) in [6, 6.07) is 3.54. The summed E-state index contributed by atoms with van der Waals surface area (Å²) in [6.07, 6.45) is 0. The van der Waals surface area contributed by atoms with Crippen LogP contribution in [0.25, 0.3) is 5.57 Å². The Bertz CT molecular complexity index is 922. The van der Waals surface area contributed by atoms with Gasteiger partial charge < -0.3 is 28.8 Å². The van der Waals surface area contributed by atoms with E-state index in [4.69, 9.17) is 9.47 Å². The summed E-state index contributed by atoms with van der Waals surface area (Å²) in [4.78, 5) is 49.8. The van der Waals surface area contributed by atoms with Crippen molar-refractivity contribution in [1.82, 2.24) is 0 Å². The predicted octanol–water partition coefficient (Wildman–Crippen LogP) is 0.484. The highest BCUT2D eigenvalue weighted by Gasteiger charge is 2.40. The first-order valence-corrected chi connectivity index (χ1v) is 7.64. The van der Waals surface area contributed by atoms with Gasteiger partial charge in [-0.2, -0.15) is 0 Å². The highest BCUT2D eigenvalue weighted by atomic mass is 16.6. The van der Waals surface area contributed by atoms with Gasteiger partial charge in [-0.05, 0) is 18.2 Å². The summed E-state index contributed by atoms with van der Waals surface area (Å²) in [5.41, 5.74) is -1.93. The summed E-state index contributed by atoms with van der Waals surface area (Å²) in [7, 11) is 4.08. The van der Waals surface area contributed by atoms with Gasteiger partial charge in [-0.25, -0.2) is 19.2 Å². The van der Waals surface area contributed by atoms with Gasteiger partial charge >= 0.3 is 23.9 Å². The van der Waals surface area contributed by atoms with Crippen molar-refractivity contribution in [2.75, 3.05) is 28.4 Å². The summed E-state index contributed by atoms with van der Waals surface area (Å²) >= 11 is 0. The Morgan fingerprint density at radius 3 is 1.79 bits per heavy atom. The fourth-order valence-corrected chi connectivity index (χ4v) is 2.49. The molecule has 0 bridgehead atoms. The SMILES string of the molecule is COC(=O)C1=C(C(=O)OC)C(C(=O)OC)=C(C(=O)OC)c2cc(O)ccc2O1. The first-order valence-electron chi connectivity index (χ1n) is 7.64. The number of phenolic OH excluding ortho intramolecular Hbond substituents is 1. The van der Waals surface area contributed by atoms with Crippen LogP contribution in [0, 0.1) is 0 Å². The molecule has 1 N–H and O–H groups in total. The first-order chi connectivity index (χ1) is 13.3. The largest absolute Gasteiger partial charge is 0.508 e. The third-order valence-electron chi connectivity index (χ3n) is 3.71. The van der Waals surface area contributed by atoms with E-state index >= 15 is 0 Å². The maximum Gasteiger partial charge on any atom is 0.374 e. The lowest BCUT2D eigenvalue weighted by molar-refractivity contribution is -0.142. The molecule has 148 valence electrons. The van der Waals surface area contributed by atoms with Gasteiger partial charge in [-0.3, -0.25) is 0 Å². The van der Waals surface area contributed by atoms with E-state index in [2.05, 4.69) is 14.2 Å². The Kier molecular flexibility index (Phi) is 6.04. The molecule has 1 aromatic rings. The second kappa shape index (κ2) is 8.25. The molecule has 1 heterocycles. The summed E-state index contributed by atoms with van der Waals surface area (Å²) in [5, 5.41) is 9.83. The van der Waals surface area contributed by atoms with E-state index in [1.54, 1.807) is 0 Å². The lowest BCUT2D eigenvalue weighted by atomic mass is 9.93. The number of phenols is 1. The monoisotopic (exact) mass is 392 g/mol. The van der Waals surface area contributed by atoms with Gasteiger partial charge in [0, 0.05) is 5.56 Å². The topological polar surface area (TPSA) is 135 Å². The lowest BCUT2D eigenvalue weighted by Gasteiger charge is -2.13. The van der Waals surface area contributed by atoms with Gasteiger partial charge in [0.1, 0.15) is 17.1 Å². The molecule has 0 radical (unpaired) electrons. The number of carbonyl (C=O) groups is 4. The van der Waals surface area contributed by atoms with E-state index in [0.29, 0.717) is 0 Å². The molecule has 0 aliphatic carbocycles. The molecule has 0 unspecified atom stereocenters. The molecule has 1 aliphatic rings. The van der Waals surface area contributed by atoms with Gasteiger partial charge in [0.2, 0.25) is 5.76 Å². The normalized spacial score (nSPS) is 13.0. The summed E-state index contributed by atoms with van der Waals surface area (Å²) in [5.74, 6) is -5.61. The van der Waals surface area contributed by atoms with Crippen LogP contribution in [0.2, 0.25) is 0 Å². The van der Waals surface area contributed by atoms with Crippen molar-refractivity contribution < 1.29 is 48.0 Å². The molecule has 28 heavy (non-hydrogen) atoms. The van der Waals surface area contributed by atoms with Crippen molar-refractivity contribution in [1.29, 1.82) is 0 Å². The van der Waals surface area contributed by atoms with Gasteiger partial charge in [-0.15, -0.1) is 0 Å². The van der Waals surface area contributed by atoms with Crippen molar-refractivity contribution in [2.24, 2.45) is 0 Å². The zero-order valence-corrected chi connectivity index (χ0v) is 15.4. The van der Waals surface area contributed by atoms with Gasteiger partial charge in [0.15, 0.2) is 0 Å². The molecule has 1 aromatic carbocycles. The van der Waals surface area contributed by atoms with Crippen LogP contribution in [0.4, 0.5) is 0 Å². The quantitative estimate of drug-likeness (QED) is 0.569. The van der Waals surface area contributed by atoms with Crippen LogP contribution in [0.5, 0.6) is 11.5 Å². The van der Waals surface area contributed by atoms with Gasteiger partial charge in [0.25, 0.3) is 0 Å². The van der Waals surface area contributed by atoms with Crippen LogP contribution in [0.1, 0.15) is 5.56 Å². The number of fused-ring (bicyclic) bond motifs is 1. The molecule has 10 nitrogen and oxygen atoms in total. The second-order valence-corrected chi connectivity index (χ2v) is 5.20. The Balaban J connectivity index is 3.09. The number of ether oxygens (including phenoxy) is 5. The number of aromatic hydroxyl groups is 1. The third-order valence-corrected chi connectivity index (χ3v) is 3.71. The Morgan fingerprint density at radius 1 is 0.750 bits per heavy atom. The highest BCUT2D eigenvalue weighted by Crippen LogP contribution is 2.40. The van der Waals surface area contributed by atoms with Crippen LogP contribution < -0.4 is 4.74 Å². The number of esters is 4. The number of hydrogen-bond donors (Lipinski definition) is 1. The minimum absolute atomic E-state index is 0.118. The van der Waals surface area contributed by atoms with Crippen molar-refractivity contribution in [3.05, 3.63) is 40.7 Å². The molecule has 0 amide bonds. The van der Waals surface area contributed by atoms with E-state index in [-0.39, 0.29) is 17.1 Å². The van der Waals surface area contributed by atoms with Crippen molar-refractivity contribution in [3.8, 4) is 11.5 Å². The minimum atomic E-state index is -1.17. The standard InChI is InChI=1S/C18H16O10/c1-24-15(20)11-9-7-8(19)5-6-10(9)28-14(18(23)27-4)13(17(22)26-3)12(11)16(21)25-2/h5-7,19H,1-4H3. The molecule has 1 aliphatic heterocycles. The van der Waals surface area contributed by atoms with Crippen LogP contribution in [0.15, 0.2) is 35.1 Å². The fourth-order valence-electron chi connectivity index (χ4n) is 2.49. The molecule has 10 heteroatoms. The van der Waals surface area contributed by atoms with Crippen molar-refractivity contribution in [3.63, 3.8) is 0 Å². The lowest BCUT2D eigenvalue weighted by Crippen LogP contribution is -2.24. The number of hydrogen-bond acceptors (Lipinski definition) is 10. The van der Waals surface area contributed by atoms with Crippen LogP contribution in [-0.2, 0) is 38.1 Å². The fraction of sp³-hybridized carbons (Fsp3) is 0.222. The van der Waals surface area contributed by atoms with E-state index < -0.39 is 46.4 Å². The molecular formula is C18H16O10. The van der Waals surface area contributed by atoms with Crippen LogP contribution in [0.3, 0.4) is 0 Å². The number of carbonyl (C=O) groups excluding carboxylic acids is 4. The number of benzene rings is 1. The molecule has 0 atom stereocenters. The molecule has 0 fully saturated rings. The average molecular weight is 392 g/mol. The van der Waals surface area contributed by atoms with Gasteiger partial charge in [0.05, 0.1) is 39.6 Å². The molecule has 0 saturated carbocycles. The summed E-state index contributed by atoms with van der Waals surface area (Å²) < 4.78 is 24.2. The average Bonchev–Trinajstić information content (AvgIpc) is 2.85. The van der Waals surface area contributed by atoms with Crippen molar-refractivity contribution >= 4 is 29.5 Å². The zero-order valence-electron chi connectivity index (χ0n) is 15.4. The zero-order chi connectivity index (χ0) is 21.0. The van der Waals surface area contributed by atoms with E-state index in [1.807, 2.05) is 0 Å². The summed E-state index contributed by atoms with van der Waals surface area (Å²) in [6.45, 7) is 0. The smallest absolute Gasteiger partial charge is 0.374 e. The Labute approximate surface area is 158 Å². The highest BCUT2D eigenvalue weighted by molar-refractivity contribution is 6.29. The van der Waals surface area contributed by atoms with E-state index in [1.165, 1.54) is 12.1 Å². The first kappa shape index (κ1) is 20.5. The molecule has 2 rings (SSSR count). The maximum atomic E-state index is 12.5. The minimum Gasteiger partial charge on any atom is -0.508 e. The third kappa shape index (κ3) is 3.52. The Morgan fingerprint density at radius 2 is 1.25 bits per heavy atom. The Hall–Kier alpha value is -3.82.